The molecule has 3 nitrogen and oxygen atoms in total. The number of nitrogen functional groups attached to an aromatic ring is 1. The minimum absolute atomic E-state index is 0.0465. The Morgan fingerprint density at radius 3 is 2.86 bits per heavy atom. The van der Waals surface area contributed by atoms with Crippen LogP contribution in [0.1, 0.15) is 12.5 Å². The van der Waals surface area contributed by atoms with Gasteiger partial charge in [-0.15, -0.1) is 0 Å². The Hall–Kier alpha value is -1.03. The summed E-state index contributed by atoms with van der Waals surface area (Å²) in [5.74, 6) is 0. The largest absolute Gasteiger partial charge is 0.397 e. The van der Waals surface area contributed by atoms with Crippen LogP contribution in [0, 0.1) is 6.92 Å². The van der Waals surface area contributed by atoms with Crippen LogP contribution in [-0.2, 0) is 6.54 Å². The second-order valence-electron chi connectivity index (χ2n) is 3.05. The number of hydrogen-bond acceptors (Lipinski definition) is 2. The number of halogens is 1. The topological polar surface area (TPSA) is 48.0 Å². The second-order valence-corrected chi connectivity index (χ2v) is 3.84. The molecule has 0 saturated carbocycles. The van der Waals surface area contributed by atoms with Gasteiger partial charge < -0.3 is 10.3 Å². The van der Waals surface area contributed by atoms with Crippen LogP contribution in [0.15, 0.2) is 27.6 Å². The van der Waals surface area contributed by atoms with E-state index in [0.29, 0.717) is 16.7 Å². The molecule has 1 rings (SSSR count). The van der Waals surface area contributed by atoms with E-state index >= 15 is 0 Å². The fourth-order valence-corrected chi connectivity index (χ4v) is 1.55. The molecule has 0 aliphatic carbocycles. The molecular formula is C10H13BrN2O. The first-order chi connectivity index (χ1) is 6.57. The molecule has 0 bridgehead atoms. The van der Waals surface area contributed by atoms with Gasteiger partial charge in [-0.05, 0) is 35.3 Å². The number of anilines is 1. The molecule has 1 aromatic rings. The van der Waals surface area contributed by atoms with Gasteiger partial charge in [-0.3, -0.25) is 4.79 Å². The molecule has 2 N–H and O–H groups in total. The van der Waals surface area contributed by atoms with Crippen LogP contribution in [0.2, 0.25) is 0 Å². The van der Waals surface area contributed by atoms with E-state index in [1.807, 2.05) is 26.0 Å². The van der Waals surface area contributed by atoms with Crippen LogP contribution < -0.4 is 11.3 Å². The van der Waals surface area contributed by atoms with E-state index < -0.39 is 0 Å². The lowest BCUT2D eigenvalue weighted by Gasteiger charge is -2.07. The predicted molar refractivity (Wildman–Crippen MR) is 62.4 cm³/mol. The smallest absolute Gasteiger partial charge is 0.265 e. The number of pyridine rings is 1. The van der Waals surface area contributed by atoms with Crippen molar-refractivity contribution >= 4 is 21.6 Å². The molecule has 0 unspecified atom stereocenters. The number of nitrogens with zero attached hydrogens (tertiary/aromatic N) is 1. The highest BCUT2D eigenvalue weighted by Gasteiger charge is 2.06. The van der Waals surface area contributed by atoms with E-state index in [-0.39, 0.29) is 5.56 Å². The Kier molecular flexibility index (Phi) is 3.52. The molecule has 1 aromatic heterocycles. The normalized spacial score (nSPS) is 11.1. The molecule has 0 atom stereocenters. The number of hydrogen-bond donors (Lipinski definition) is 1. The van der Waals surface area contributed by atoms with Gasteiger partial charge in [0, 0.05) is 12.7 Å². The van der Waals surface area contributed by atoms with E-state index in [4.69, 9.17) is 5.73 Å². The number of aromatic nitrogens is 1. The molecule has 1 heterocycles. The molecule has 0 saturated heterocycles. The van der Waals surface area contributed by atoms with Gasteiger partial charge in [-0.1, -0.05) is 12.2 Å². The first-order valence-electron chi connectivity index (χ1n) is 4.34. The molecule has 0 radical (unpaired) electrons. The highest BCUT2D eigenvalue weighted by molar-refractivity contribution is 9.10. The summed E-state index contributed by atoms with van der Waals surface area (Å²) < 4.78 is 2.12. The third kappa shape index (κ3) is 2.07. The molecular weight excluding hydrogens is 244 g/mol. The molecule has 4 heteroatoms. The SMILES string of the molecule is C/C=C/Cn1cc(N)c(C)c(Br)c1=O. The minimum atomic E-state index is -0.0465. The highest BCUT2D eigenvalue weighted by atomic mass is 79.9. The zero-order chi connectivity index (χ0) is 10.7. The maximum Gasteiger partial charge on any atom is 0.265 e. The minimum Gasteiger partial charge on any atom is -0.397 e. The lowest BCUT2D eigenvalue weighted by Crippen LogP contribution is -2.21. The van der Waals surface area contributed by atoms with E-state index in [1.54, 1.807) is 10.8 Å². The summed E-state index contributed by atoms with van der Waals surface area (Å²) in [7, 11) is 0. The fraction of sp³-hybridized carbons (Fsp3) is 0.300. The van der Waals surface area contributed by atoms with E-state index in [2.05, 4.69) is 15.9 Å². The standard InChI is InChI=1S/C10H13BrN2O/c1-3-4-5-13-6-8(12)7(2)9(11)10(13)14/h3-4,6H,5,12H2,1-2H3/b4-3+. The zero-order valence-electron chi connectivity index (χ0n) is 8.25. The summed E-state index contributed by atoms with van der Waals surface area (Å²) >= 11 is 3.24. The van der Waals surface area contributed by atoms with Crippen molar-refractivity contribution in [2.24, 2.45) is 0 Å². The Morgan fingerprint density at radius 1 is 1.64 bits per heavy atom. The summed E-state index contributed by atoms with van der Waals surface area (Å²) in [6, 6.07) is 0. The summed E-state index contributed by atoms with van der Waals surface area (Å²) in [4.78, 5) is 11.7. The Bertz CT molecular complexity index is 421. The van der Waals surface area contributed by atoms with Crippen molar-refractivity contribution in [3.8, 4) is 0 Å². The van der Waals surface area contributed by atoms with Gasteiger partial charge >= 0.3 is 0 Å². The number of rotatable bonds is 2. The molecule has 0 aliphatic heterocycles. The molecule has 0 aromatic carbocycles. The van der Waals surface area contributed by atoms with Gasteiger partial charge in [0.25, 0.3) is 5.56 Å². The van der Waals surface area contributed by atoms with Crippen LogP contribution in [0.5, 0.6) is 0 Å². The fourth-order valence-electron chi connectivity index (χ4n) is 1.09. The second kappa shape index (κ2) is 4.46. The Labute approximate surface area is 91.4 Å². The van der Waals surface area contributed by atoms with Gasteiger partial charge in [0.1, 0.15) is 0 Å². The van der Waals surface area contributed by atoms with Crippen molar-refractivity contribution in [1.82, 2.24) is 4.57 Å². The zero-order valence-corrected chi connectivity index (χ0v) is 9.84. The summed E-state index contributed by atoms with van der Waals surface area (Å²) in [5.41, 5.74) is 7.13. The van der Waals surface area contributed by atoms with E-state index in [1.165, 1.54) is 0 Å². The third-order valence-corrected chi connectivity index (χ3v) is 2.98. The average Bonchev–Trinajstić information content (AvgIpc) is 2.18. The van der Waals surface area contributed by atoms with Gasteiger partial charge in [0.15, 0.2) is 0 Å². The van der Waals surface area contributed by atoms with Gasteiger partial charge in [0.2, 0.25) is 0 Å². The number of allylic oxidation sites excluding steroid dienone is 2. The van der Waals surface area contributed by atoms with Crippen molar-refractivity contribution in [3.63, 3.8) is 0 Å². The Morgan fingerprint density at radius 2 is 2.29 bits per heavy atom. The summed E-state index contributed by atoms with van der Waals surface area (Å²) in [5, 5.41) is 0. The molecule has 14 heavy (non-hydrogen) atoms. The first kappa shape index (κ1) is 11.0. The lowest BCUT2D eigenvalue weighted by molar-refractivity contribution is 0.773. The Balaban J connectivity index is 3.26. The maximum absolute atomic E-state index is 11.7. The van der Waals surface area contributed by atoms with Crippen LogP contribution in [0.4, 0.5) is 5.69 Å². The molecule has 0 aliphatic rings. The van der Waals surface area contributed by atoms with Gasteiger partial charge in [-0.25, -0.2) is 0 Å². The van der Waals surface area contributed by atoms with Crippen molar-refractivity contribution in [2.75, 3.05) is 5.73 Å². The molecule has 0 fully saturated rings. The quantitative estimate of drug-likeness (QED) is 0.824. The van der Waals surface area contributed by atoms with Crippen LogP contribution in [0.3, 0.4) is 0 Å². The van der Waals surface area contributed by atoms with Crippen molar-refractivity contribution in [2.45, 2.75) is 20.4 Å². The monoisotopic (exact) mass is 256 g/mol. The van der Waals surface area contributed by atoms with Crippen molar-refractivity contribution in [3.05, 3.63) is 38.7 Å². The van der Waals surface area contributed by atoms with Crippen molar-refractivity contribution < 1.29 is 0 Å². The average molecular weight is 257 g/mol. The third-order valence-electron chi connectivity index (χ3n) is 2.04. The van der Waals surface area contributed by atoms with E-state index in [9.17, 15) is 4.79 Å². The van der Waals surface area contributed by atoms with Gasteiger partial charge in [-0.2, -0.15) is 0 Å². The molecule has 0 spiro atoms. The van der Waals surface area contributed by atoms with Gasteiger partial charge in [0.05, 0.1) is 10.2 Å². The van der Waals surface area contributed by atoms with Crippen molar-refractivity contribution in [1.29, 1.82) is 0 Å². The maximum atomic E-state index is 11.7. The lowest BCUT2D eigenvalue weighted by atomic mass is 10.2. The van der Waals surface area contributed by atoms with Crippen LogP contribution in [0.25, 0.3) is 0 Å². The van der Waals surface area contributed by atoms with Crippen LogP contribution in [-0.4, -0.2) is 4.57 Å². The summed E-state index contributed by atoms with van der Waals surface area (Å²) in [6.45, 7) is 4.29. The molecule has 0 amide bonds. The number of nitrogens with two attached hydrogens (primary N) is 1. The molecule has 76 valence electrons. The summed E-state index contributed by atoms with van der Waals surface area (Å²) in [6.07, 6.45) is 5.47. The van der Waals surface area contributed by atoms with Crippen LogP contribution >= 0.6 is 15.9 Å². The predicted octanol–water partition coefficient (Wildman–Crippen LogP) is 2.08. The highest BCUT2D eigenvalue weighted by Crippen LogP contribution is 2.16. The first-order valence-corrected chi connectivity index (χ1v) is 5.13. The van der Waals surface area contributed by atoms with E-state index in [0.717, 1.165) is 5.56 Å².